The van der Waals surface area contributed by atoms with E-state index in [0.717, 1.165) is 12.8 Å². The van der Waals surface area contributed by atoms with Crippen molar-refractivity contribution in [2.45, 2.75) is 58.5 Å². The van der Waals surface area contributed by atoms with Gasteiger partial charge in [0, 0.05) is 0 Å². The molecule has 0 fully saturated rings. The van der Waals surface area contributed by atoms with Gasteiger partial charge in [-0.3, -0.25) is 4.79 Å². The molecule has 0 heterocycles. The predicted octanol–water partition coefficient (Wildman–Crippen LogP) is 2.43. The van der Waals surface area contributed by atoms with Crippen LogP contribution in [0.1, 0.15) is 52.4 Å². The van der Waals surface area contributed by atoms with Crippen LogP contribution in [-0.4, -0.2) is 22.3 Å². The van der Waals surface area contributed by atoms with E-state index in [1.54, 1.807) is 0 Å². The highest BCUT2D eigenvalue weighted by Crippen LogP contribution is 2.16. The molecule has 84 valence electrons. The van der Waals surface area contributed by atoms with Crippen molar-refractivity contribution < 1.29 is 15.0 Å². The number of carboxylic acid groups (broad SMARTS) is 1. The maximum atomic E-state index is 10.3. The van der Waals surface area contributed by atoms with Gasteiger partial charge in [0.25, 0.3) is 0 Å². The van der Waals surface area contributed by atoms with E-state index in [2.05, 4.69) is 6.92 Å². The first-order chi connectivity index (χ1) is 6.57. The lowest BCUT2D eigenvalue weighted by molar-refractivity contribution is -0.139. The highest BCUT2D eigenvalue weighted by atomic mass is 16.4. The van der Waals surface area contributed by atoms with Crippen molar-refractivity contribution in [2.24, 2.45) is 5.92 Å². The topological polar surface area (TPSA) is 57.5 Å². The number of hydrogen-bond donors (Lipinski definition) is 2. The van der Waals surface area contributed by atoms with Gasteiger partial charge < -0.3 is 10.2 Å². The van der Waals surface area contributed by atoms with E-state index in [4.69, 9.17) is 5.11 Å². The standard InChI is InChI=1S/C11H22O3/c1-3-4-5-6-7-9(2)10(12)8-11(13)14/h9-10,12H,3-8H2,1-2H3,(H,13,14). The Labute approximate surface area is 86.1 Å². The summed E-state index contributed by atoms with van der Waals surface area (Å²) < 4.78 is 0. The molecule has 0 spiro atoms. The fourth-order valence-electron chi connectivity index (χ4n) is 1.47. The number of unbranched alkanes of at least 4 members (excludes halogenated alkanes) is 3. The molecule has 0 aromatic heterocycles. The molecule has 2 unspecified atom stereocenters. The van der Waals surface area contributed by atoms with Crippen molar-refractivity contribution in [3.63, 3.8) is 0 Å². The Morgan fingerprint density at radius 1 is 1.29 bits per heavy atom. The monoisotopic (exact) mass is 202 g/mol. The molecule has 0 aromatic rings. The summed E-state index contributed by atoms with van der Waals surface area (Å²) >= 11 is 0. The maximum Gasteiger partial charge on any atom is 0.305 e. The Balaban J connectivity index is 3.51. The average Bonchev–Trinajstić information content (AvgIpc) is 2.11. The van der Waals surface area contributed by atoms with Crippen LogP contribution in [0.4, 0.5) is 0 Å². The van der Waals surface area contributed by atoms with Gasteiger partial charge in [0.1, 0.15) is 0 Å². The van der Waals surface area contributed by atoms with Crippen LogP contribution in [0, 0.1) is 5.92 Å². The smallest absolute Gasteiger partial charge is 0.305 e. The van der Waals surface area contributed by atoms with Crippen LogP contribution in [-0.2, 0) is 4.79 Å². The Morgan fingerprint density at radius 3 is 2.43 bits per heavy atom. The molecule has 0 amide bonds. The van der Waals surface area contributed by atoms with Crippen LogP contribution in [0.25, 0.3) is 0 Å². The number of aliphatic hydroxyl groups is 1. The third kappa shape index (κ3) is 6.89. The predicted molar refractivity (Wildman–Crippen MR) is 56.2 cm³/mol. The summed E-state index contributed by atoms with van der Waals surface area (Å²) in [6.07, 6.45) is 4.80. The molecular weight excluding hydrogens is 180 g/mol. The molecule has 2 atom stereocenters. The Hall–Kier alpha value is -0.570. The van der Waals surface area contributed by atoms with Crippen molar-refractivity contribution in [2.75, 3.05) is 0 Å². The SMILES string of the molecule is CCCCCCC(C)C(O)CC(=O)O. The van der Waals surface area contributed by atoms with Crippen LogP contribution < -0.4 is 0 Å². The summed E-state index contributed by atoms with van der Waals surface area (Å²) in [7, 11) is 0. The Morgan fingerprint density at radius 2 is 1.93 bits per heavy atom. The lowest BCUT2D eigenvalue weighted by Crippen LogP contribution is -2.21. The van der Waals surface area contributed by atoms with Crippen molar-refractivity contribution in [3.8, 4) is 0 Å². The van der Waals surface area contributed by atoms with Gasteiger partial charge in [-0.05, 0) is 12.3 Å². The minimum absolute atomic E-state index is 0.1000. The van der Waals surface area contributed by atoms with Crippen LogP contribution in [0.5, 0.6) is 0 Å². The quantitative estimate of drug-likeness (QED) is 0.594. The van der Waals surface area contributed by atoms with Crippen LogP contribution in [0.3, 0.4) is 0 Å². The summed E-state index contributed by atoms with van der Waals surface area (Å²) in [4.78, 5) is 10.3. The summed E-state index contributed by atoms with van der Waals surface area (Å²) in [6, 6.07) is 0. The molecule has 0 saturated carbocycles. The molecule has 0 bridgehead atoms. The molecule has 3 nitrogen and oxygen atoms in total. The van der Waals surface area contributed by atoms with E-state index in [-0.39, 0.29) is 12.3 Å². The highest BCUT2D eigenvalue weighted by Gasteiger charge is 2.16. The summed E-state index contributed by atoms with van der Waals surface area (Å²) in [5.41, 5.74) is 0. The number of carbonyl (C=O) groups is 1. The summed E-state index contributed by atoms with van der Waals surface area (Å²) in [6.45, 7) is 4.07. The first-order valence-corrected chi connectivity index (χ1v) is 5.47. The molecule has 0 aliphatic carbocycles. The van der Waals surface area contributed by atoms with Gasteiger partial charge in [0.2, 0.25) is 0 Å². The van der Waals surface area contributed by atoms with Crippen molar-refractivity contribution in [3.05, 3.63) is 0 Å². The van der Waals surface area contributed by atoms with Gasteiger partial charge in [0.05, 0.1) is 12.5 Å². The summed E-state index contributed by atoms with van der Waals surface area (Å²) in [5, 5.41) is 17.9. The van der Waals surface area contributed by atoms with Crippen molar-refractivity contribution >= 4 is 5.97 Å². The second kappa shape index (κ2) is 7.80. The normalized spacial score (nSPS) is 15.1. The van der Waals surface area contributed by atoms with E-state index in [1.807, 2.05) is 6.92 Å². The van der Waals surface area contributed by atoms with Gasteiger partial charge in [-0.2, -0.15) is 0 Å². The third-order valence-corrected chi connectivity index (χ3v) is 2.55. The van der Waals surface area contributed by atoms with E-state index < -0.39 is 12.1 Å². The zero-order valence-corrected chi connectivity index (χ0v) is 9.20. The Bertz CT molecular complexity index is 157. The van der Waals surface area contributed by atoms with Gasteiger partial charge in [-0.15, -0.1) is 0 Å². The molecular formula is C11H22O3. The second-order valence-corrected chi connectivity index (χ2v) is 3.99. The number of rotatable bonds is 8. The minimum atomic E-state index is -0.919. The number of carboxylic acids is 1. The third-order valence-electron chi connectivity index (χ3n) is 2.55. The van der Waals surface area contributed by atoms with Gasteiger partial charge >= 0.3 is 5.97 Å². The number of aliphatic carboxylic acids is 1. The van der Waals surface area contributed by atoms with E-state index in [9.17, 15) is 9.90 Å². The zero-order chi connectivity index (χ0) is 11.0. The molecule has 14 heavy (non-hydrogen) atoms. The van der Waals surface area contributed by atoms with Gasteiger partial charge in [-0.25, -0.2) is 0 Å². The largest absolute Gasteiger partial charge is 0.481 e. The molecule has 0 radical (unpaired) electrons. The molecule has 2 N–H and O–H groups in total. The molecule has 0 aromatic carbocycles. The molecule has 0 aliphatic heterocycles. The lowest BCUT2D eigenvalue weighted by Gasteiger charge is -2.16. The van der Waals surface area contributed by atoms with E-state index in [1.165, 1.54) is 19.3 Å². The van der Waals surface area contributed by atoms with Crippen LogP contribution in [0.2, 0.25) is 0 Å². The van der Waals surface area contributed by atoms with Crippen LogP contribution in [0.15, 0.2) is 0 Å². The van der Waals surface area contributed by atoms with E-state index >= 15 is 0 Å². The molecule has 0 saturated heterocycles. The molecule has 0 rings (SSSR count). The van der Waals surface area contributed by atoms with E-state index in [0.29, 0.717) is 0 Å². The second-order valence-electron chi connectivity index (χ2n) is 3.99. The Kier molecular flexibility index (Phi) is 7.48. The molecule has 0 aliphatic rings. The average molecular weight is 202 g/mol. The zero-order valence-electron chi connectivity index (χ0n) is 9.20. The molecule has 3 heteroatoms. The number of aliphatic hydroxyl groups excluding tert-OH is 1. The highest BCUT2D eigenvalue weighted by molar-refractivity contribution is 5.67. The minimum Gasteiger partial charge on any atom is -0.481 e. The van der Waals surface area contributed by atoms with Crippen molar-refractivity contribution in [1.82, 2.24) is 0 Å². The lowest BCUT2D eigenvalue weighted by atomic mass is 9.95. The summed E-state index contributed by atoms with van der Waals surface area (Å²) in [5.74, 6) is -0.819. The fraction of sp³-hybridized carbons (Fsp3) is 0.909. The number of hydrogen-bond acceptors (Lipinski definition) is 2. The van der Waals surface area contributed by atoms with Gasteiger partial charge in [0.15, 0.2) is 0 Å². The van der Waals surface area contributed by atoms with Gasteiger partial charge in [-0.1, -0.05) is 39.5 Å². The van der Waals surface area contributed by atoms with Crippen molar-refractivity contribution in [1.29, 1.82) is 0 Å². The maximum absolute atomic E-state index is 10.3. The first kappa shape index (κ1) is 13.4. The van der Waals surface area contributed by atoms with Crippen LogP contribution >= 0.6 is 0 Å². The first-order valence-electron chi connectivity index (χ1n) is 5.47. The fourth-order valence-corrected chi connectivity index (χ4v) is 1.47.